The summed E-state index contributed by atoms with van der Waals surface area (Å²) >= 11 is 0. The van der Waals surface area contributed by atoms with Crippen LogP contribution in [-0.4, -0.2) is 6.61 Å². The van der Waals surface area contributed by atoms with Crippen LogP contribution in [0.15, 0.2) is 36.1 Å². The molecule has 0 saturated carbocycles. The second-order valence-electron chi connectivity index (χ2n) is 3.26. The van der Waals surface area contributed by atoms with Gasteiger partial charge in [-0.1, -0.05) is 32.1 Å². The minimum Gasteiger partial charge on any atom is -0.499 e. The molecule has 1 nitrogen and oxygen atoms in total. The molecule has 0 aliphatic heterocycles. The molecule has 0 unspecified atom stereocenters. The van der Waals surface area contributed by atoms with Crippen LogP contribution in [0.3, 0.4) is 0 Å². The van der Waals surface area contributed by atoms with Crippen molar-refractivity contribution in [3.63, 3.8) is 0 Å². The Morgan fingerprint density at radius 2 is 2.00 bits per heavy atom. The number of hydrogen-bond donors (Lipinski definition) is 0. The molecular formula is C13H22O. The number of hydrogen-bond acceptors (Lipinski definition) is 1. The number of allylic oxidation sites excluding steroid dienone is 5. The Balaban J connectivity index is 4.14. The molecule has 0 aromatic carbocycles. The minimum absolute atomic E-state index is 0.731. The van der Waals surface area contributed by atoms with Gasteiger partial charge in [-0.2, -0.15) is 0 Å². The third-order valence-electron chi connectivity index (χ3n) is 1.99. The predicted molar refractivity (Wildman–Crippen MR) is 63.2 cm³/mol. The summed E-state index contributed by atoms with van der Waals surface area (Å²) in [5.74, 6) is 0.961. The van der Waals surface area contributed by atoms with Crippen LogP contribution in [0.2, 0.25) is 0 Å². The van der Waals surface area contributed by atoms with E-state index in [1.807, 2.05) is 26.0 Å². The van der Waals surface area contributed by atoms with Gasteiger partial charge in [0.15, 0.2) is 0 Å². The summed E-state index contributed by atoms with van der Waals surface area (Å²) < 4.78 is 5.32. The molecular weight excluding hydrogens is 172 g/mol. The summed E-state index contributed by atoms with van der Waals surface area (Å²) in [6.45, 7) is 10.7. The van der Waals surface area contributed by atoms with Gasteiger partial charge in [-0.05, 0) is 38.3 Å². The van der Waals surface area contributed by atoms with Gasteiger partial charge in [-0.15, -0.1) is 0 Å². The average molecular weight is 194 g/mol. The zero-order valence-electron chi connectivity index (χ0n) is 9.68. The van der Waals surface area contributed by atoms with Gasteiger partial charge in [-0.25, -0.2) is 0 Å². The normalized spacial score (nSPS) is 12.8. The van der Waals surface area contributed by atoms with Crippen molar-refractivity contribution in [1.29, 1.82) is 0 Å². The lowest BCUT2D eigenvalue weighted by molar-refractivity contribution is 0.231. The monoisotopic (exact) mass is 194 g/mol. The quantitative estimate of drug-likeness (QED) is 0.435. The third kappa shape index (κ3) is 6.53. The fourth-order valence-electron chi connectivity index (χ4n) is 1.13. The van der Waals surface area contributed by atoms with E-state index in [1.165, 1.54) is 18.4 Å². The molecule has 0 aliphatic carbocycles. The highest BCUT2D eigenvalue weighted by Crippen LogP contribution is 2.09. The molecule has 0 heterocycles. The highest BCUT2D eigenvalue weighted by Gasteiger charge is 1.90. The molecule has 0 saturated heterocycles. The fourth-order valence-corrected chi connectivity index (χ4v) is 1.13. The van der Waals surface area contributed by atoms with E-state index in [1.54, 1.807) is 0 Å². The molecule has 1 heteroatoms. The van der Waals surface area contributed by atoms with E-state index < -0.39 is 0 Å². The Bertz CT molecular complexity index is 211. The van der Waals surface area contributed by atoms with E-state index in [2.05, 4.69) is 19.6 Å². The van der Waals surface area contributed by atoms with E-state index in [9.17, 15) is 0 Å². The second kappa shape index (κ2) is 8.61. The van der Waals surface area contributed by atoms with Crippen molar-refractivity contribution in [3.05, 3.63) is 36.1 Å². The summed E-state index contributed by atoms with van der Waals surface area (Å²) in [4.78, 5) is 0. The SMILES string of the molecule is C=C/C(=C\C=C(/C)OCC)CCCC. The van der Waals surface area contributed by atoms with Crippen molar-refractivity contribution >= 4 is 0 Å². The number of ether oxygens (including phenoxy) is 1. The first kappa shape index (κ1) is 13.0. The highest BCUT2D eigenvalue weighted by molar-refractivity contribution is 5.22. The van der Waals surface area contributed by atoms with Gasteiger partial charge >= 0.3 is 0 Å². The third-order valence-corrected chi connectivity index (χ3v) is 1.99. The van der Waals surface area contributed by atoms with Gasteiger partial charge in [0.05, 0.1) is 12.4 Å². The van der Waals surface area contributed by atoms with Crippen molar-refractivity contribution in [2.75, 3.05) is 6.61 Å². The number of rotatable bonds is 7. The van der Waals surface area contributed by atoms with Crippen LogP contribution in [-0.2, 0) is 4.74 Å². The lowest BCUT2D eigenvalue weighted by Crippen LogP contribution is -1.85. The first-order chi connectivity index (χ1) is 6.74. The average Bonchev–Trinajstić information content (AvgIpc) is 2.19. The standard InChI is InChI=1S/C13H22O/c1-5-8-9-13(6-2)11-10-12(4)14-7-3/h6,10-11H,2,5,7-9H2,1,3-4H3/b12-10+,13-11+. The van der Waals surface area contributed by atoms with E-state index >= 15 is 0 Å². The Kier molecular flexibility index (Phi) is 8.01. The first-order valence-corrected chi connectivity index (χ1v) is 5.37. The summed E-state index contributed by atoms with van der Waals surface area (Å²) in [5, 5.41) is 0. The molecule has 80 valence electrons. The zero-order chi connectivity index (χ0) is 10.8. The maximum absolute atomic E-state index is 5.32. The molecule has 0 fully saturated rings. The molecule has 14 heavy (non-hydrogen) atoms. The van der Waals surface area contributed by atoms with Crippen molar-refractivity contribution < 1.29 is 4.74 Å². The Morgan fingerprint density at radius 3 is 2.50 bits per heavy atom. The van der Waals surface area contributed by atoms with Gasteiger partial charge in [0.2, 0.25) is 0 Å². The van der Waals surface area contributed by atoms with Crippen LogP contribution in [0.25, 0.3) is 0 Å². The summed E-state index contributed by atoms with van der Waals surface area (Å²) in [6, 6.07) is 0. The maximum Gasteiger partial charge on any atom is 0.0928 e. The van der Waals surface area contributed by atoms with Crippen molar-refractivity contribution in [2.24, 2.45) is 0 Å². The van der Waals surface area contributed by atoms with Crippen LogP contribution < -0.4 is 0 Å². The van der Waals surface area contributed by atoms with Crippen LogP contribution in [0.1, 0.15) is 40.0 Å². The summed E-state index contributed by atoms with van der Waals surface area (Å²) in [5.41, 5.74) is 1.28. The van der Waals surface area contributed by atoms with Crippen molar-refractivity contribution in [3.8, 4) is 0 Å². The van der Waals surface area contributed by atoms with E-state index in [4.69, 9.17) is 4.74 Å². The molecule has 0 spiro atoms. The van der Waals surface area contributed by atoms with Gasteiger partial charge in [0.1, 0.15) is 0 Å². The van der Waals surface area contributed by atoms with Crippen LogP contribution in [0.4, 0.5) is 0 Å². The maximum atomic E-state index is 5.32. The van der Waals surface area contributed by atoms with E-state index in [0.29, 0.717) is 0 Å². The summed E-state index contributed by atoms with van der Waals surface area (Å²) in [7, 11) is 0. The fraction of sp³-hybridized carbons (Fsp3) is 0.538. The molecule has 0 radical (unpaired) electrons. The minimum atomic E-state index is 0.731. The lowest BCUT2D eigenvalue weighted by Gasteiger charge is -2.01. The Hall–Kier alpha value is -0.980. The van der Waals surface area contributed by atoms with E-state index in [-0.39, 0.29) is 0 Å². The van der Waals surface area contributed by atoms with Gasteiger partial charge in [0.25, 0.3) is 0 Å². The molecule has 0 aromatic rings. The predicted octanol–water partition coefficient (Wildman–Crippen LogP) is 4.23. The van der Waals surface area contributed by atoms with E-state index in [0.717, 1.165) is 18.8 Å². The van der Waals surface area contributed by atoms with Gasteiger partial charge < -0.3 is 4.74 Å². The molecule has 0 amide bonds. The molecule has 0 bridgehead atoms. The molecule has 0 N–H and O–H groups in total. The molecule has 0 atom stereocenters. The second-order valence-corrected chi connectivity index (χ2v) is 3.26. The lowest BCUT2D eigenvalue weighted by atomic mass is 10.1. The molecule has 0 aromatic heterocycles. The van der Waals surface area contributed by atoms with Crippen molar-refractivity contribution in [1.82, 2.24) is 0 Å². The van der Waals surface area contributed by atoms with Crippen molar-refractivity contribution in [2.45, 2.75) is 40.0 Å². The topological polar surface area (TPSA) is 9.23 Å². The van der Waals surface area contributed by atoms with Crippen LogP contribution in [0.5, 0.6) is 0 Å². The smallest absolute Gasteiger partial charge is 0.0928 e. The van der Waals surface area contributed by atoms with Crippen LogP contribution in [0, 0.1) is 0 Å². The number of unbranched alkanes of at least 4 members (excludes halogenated alkanes) is 1. The zero-order valence-corrected chi connectivity index (χ0v) is 9.68. The molecule has 0 rings (SSSR count). The first-order valence-electron chi connectivity index (χ1n) is 5.37. The van der Waals surface area contributed by atoms with Gasteiger partial charge in [0, 0.05) is 0 Å². The highest BCUT2D eigenvalue weighted by atomic mass is 16.5. The largest absolute Gasteiger partial charge is 0.499 e. The molecule has 0 aliphatic rings. The van der Waals surface area contributed by atoms with Crippen LogP contribution >= 0.6 is 0 Å². The summed E-state index contributed by atoms with van der Waals surface area (Å²) in [6.07, 6.45) is 9.57. The Labute approximate surface area is 88.2 Å². The Morgan fingerprint density at radius 1 is 1.29 bits per heavy atom. The van der Waals surface area contributed by atoms with Gasteiger partial charge in [-0.3, -0.25) is 0 Å².